The van der Waals surface area contributed by atoms with Crippen LogP contribution in [0.3, 0.4) is 0 Å². The van der Waals surface area contributed by atoms with Crippen LogP contribution in [0.15, 0.2) is 41.5 Å². The summed E-state index contributed by atoms with van der Waals surface area (Å²) in [4.78, 5) is 22.3. The molecule has 0 aromatic heterocycles. The van der Waals surface area contributed by atoms with Gasteiger partial charge in [0.2, 0.25) is 5.91 Å². The zero-order valence-corrected chi connectivity index (χ0v) is 14.5. The predicted molar refractivity (Wildman–Crippen MR) is 92.8 cm³/mol. The lowest BCUT2D eigenvalue weighted by Crippen LogP contribution is -2.46. The topological polar surface area (TPSA) is 92.5 Å². The third kappa shape index (κ3) is 3.89. The van der Waals surface area contributed by atoms with Gasteiger partial charge in [-0.15, -0.1) is 0 Å². The smallest absolute Gasteiger partial charge is 0.326 e. The normalized spacial score (nSPS) is 22.8. The number of carbonyl (C=O) groups excluding carboxylic acids is 1. The van der Waals surface area contributed by atoms with Gasteiger partial charge in [0.15, 0.2) is 0 Å². The molecule has 1 aliphatic rings. The molecule has 1 amide bonds. The molecular weight excluding hydrogens is 379 g/mol. The molecule has 0 fully saturated rings. The molecule has 0 saturated heterocycles. The van der Waals surface area contributed by atoms with Crippen LogP contribution in [0, 0.1) is 16.0 Å². The SMILES string of the molecule is O=C(CCC1C=CC=C(Cl)C1(O)[N+](=O)[O-])Nc1ccc(Cl)c(Cl)c1. The van der Waals surface area contributed by atoms with Crippen LogP contribution < -0.4 is 5.32 Å². The number of rotatable bonds is 5. The van der Waals surface area contributed by atoms with Gasteiger partial charge in [0, 0.05) is 12.1 Å². The first kappa shape index (κ1) is 18.7. The predicted octanol–water partition coefficient (Wildman–Crippen LogP) is 3.99. The number of nitro groups is 1. The van der Waals surface area contributed by atoms with E-state index in [2.05, 4.69) is 5.32 Å². The summed E-state index contributed by atoms with van der Waals surface area (Å²) in [5, 5.41) is 24.4. The molecule has 0 spiro atoms. The highest BCUT2D eigenvalue weighted by Crippen LogP contribution is 2.36. The minimum absolute atomic E-state index is 0.0461. The van der Waals surface area contributed by atoms with E-state index in [9.17, 15) is 20.0 Å². The number of benzene rings is 1. The van der Waals surface area contributed by atoms with E-state index in [1.807, 2.05) is 0 Å². The molecule has 0 saturated carbocycles. The van der Waals surface area contributed by atoms with Gasteiger partial charge in [-0.05, 0) is 30.7 Å². The monoisotopic (exact) mass is 390 g/mol. The summed E-state index contributed by atoms with van der Waals surface area (Å²) in [6.45, 7) is 0. The second-order valence-electron chi connectivity index (χ2n) is 5.20. The molecule has 1 aromatic carbocycles. The van der Waals surface area contributed by atoms with Gasteiger partial charge in [0.1, 0.15) is 5.03 Å². The van der Waals surface area contributed by atoms with Gasteiger partial charge in [-0.2, -0.15) is 0 Å². The molecule has 2 rings (SSSR count). The third-order valence-corrected chi connectivity index (χ3v) is 4.76. The first-order valence-corrected chi connectivity index (χ1v) is 8.04. The number of halogens is 3. The van der Waals surface area contributed by atoms with Gasteiger partial charge in [0.05, 0.1) is 20.9 Å². The number of carbonyl (C=O) groups is 1. The molecule has 0 bridgehead atoms. The average Bonchev–Trinajstić information content (AvgIpc) is 2.52. The Kier molecular flexibility index (Phi) is 5.87. The zero-order valence-electron chi connectivity index (χ0n) is 12.2. The first-order chi connectivity index (χ1) is 11.2. The van der Waals surface area contributed by atoms with Gasteiger partial charge in [-0.25, -0.2) is 0 Å². The standard InChI is InChI=1S/C15H13Cl3N2O4/c16-11-6-5-10(8-12(11)17)19-14(21)7-4-9-2-1-3-13(18)15(9,22)20(23)24/h1-3,5-6,8-9,22H,4,7H2,(H,19,21). The summed E-state index contributed by atoms with van der Waals surface area (Å²) in [5.74, 6) is -1.29. The zero-order chi connectivity index (χ0) is 17.9. The lowest BCUT2D eigenvalue weighted by molar-refractivity contribution is -0.618. The Hall–Kier alpha value is -1.60. The van der Waals surface area contributed by atoms with Crippen LogP contribution in [0.25, 0.3) is 0 Å². The van der Waals surface area contributed by atoms with E-state index in [-0.39, 0.29) is 23.8 Å². The highest BCUT2D eigenvalue weighted by Gasteiger charge is 2.51. The highest BCUT2D eigenvalue weighted by atomic mass is 35.5. The molecule has 2 unspecified atom stereocenters. The van der Waals surface area contributed by atoms with E-state index in [4.69, 9.17) is 34.8 Å². The van der Waals surface area contributed by atoms with Crippen molar-refractivity contribution >= 4 is 46.4 Å². The first-order valence-electron chi connectivity index (χ1n) is 6.91. The van der Waals surface area contributed by atoms with Crippen LogP contribution in [-0.4, -0.2) is 21.7 Å². The molecule has 0 aliphatic heterocycles. The van der Waals surface area contributed by atoms with Crippen LogP contribution in [0.2, 0.25) is 10.0 Å². The fraction of sp³-hybridized carbons (Fsp3) is 0.267. The fourth-order valence-electron chi connectivity index (χ4n) is 2.31. The quantitative estimate of drug-likeness (QED) is 0.451. The second kappa shape index (κ2) is 7.53. The van der Waals surface area contributed by atoms with Gasteiger partial charge < -0.3 is 10.4 Å². The summed E-state index contributed by atoms with van der Waals surface area (Å²) in [7, 11) is 0. The number of aliphatic hydroxyl groups is 1. The maximum absolute atomic E-state index is 12.0. The number of anilines is 1. The maximum atomic E-state index is 12.0. The number of amides is 1. The Morgan fingerprint density at radius 3 is 2.67 bits per heavy atom. The Morgan fingerprint density at radius 2 is 2.04 bits per heavy atom. The lowest BCUT2D eigenvalue weighted by atomic mass is 9.87. The Labute approximate surface area is 152 Å². The number of hydrogen-bond donors (Lipinski definition) is 2. The summed E-state index contributed by atoms with van der Waals surface area (Å²) in [6.07, 6.45) is 4.24. The van der Waals surface area contributed by atoms with Crippen molar-refractivity contribution in [2.45, 2.75) is 18.6 Å². The molecule has 0 radical (unpaired) electrons. The van der Waals surface area contributed by atoms with E-state index in [1.54, 1.807) is 12.1 Å². The fourth-order valence-corrected chi connectivity index (χ4v) is 2.89. The van der Waals surface area contributed by atoms with Crippen molar-refractivity contribution in [1.82, 2.24) is 0 Å². The van der Waals surface area contributed by atoms with Crippen LogP contribution in [0.1, 0.15) is 12.8 Å². The molecule has 2 N–H and O–H groups in total. The second-order valence-corrected chi connectivity index (χ2v) is 6.43. The molecule has 1 aromatic rings. The van der Waals surface area contributed by atoms with E-state index in [0.717, 1.165) is 0 Å². The van der Waals surface area contributed by atoms with Crippen molar-refractivity contribution in [1.29, 1.82) is 0 Å². The molecule has 0 heterocycles. The van der Waals surface area contributed by atoms with E-state index >= 15 is 0 Å². The maximum Gasteiger partial charge on any atom is 0.365 e. The molecule has 128 valence electrons. The number of hydrogen-bond acceptors (Lipinski definition) is 4. The third-order valence-electron chi connectivity index (χ3n) is 3.62. The van der Waals surface area contributed by atoms with Gasteiger partial charge in [0.25, 0.3) is 0 Å². The molecule has 2 atom stereocenters. The van der Waals surface area contributed by atoms with Gasteiger partial charge in [-0.3, -0.25) is 14.9 Å². The number of allylic oxidation sites excluding steroid dienone is 2. The van der Waals surface area contributed by atoms with Crippen molar-refractivity contribution in [2.75, 3.05) is 5.32 Å². The van der Waals surface area contributed by atoms with Crippen LogP contribution in [0.4, 0.5) is 5.69 Å². The average molecular weight is 392 g/mol. The van der Waals surface area contributed by atoms with Crippen molar-refractivity contribution in [3.8, 4) is 0 Å². The van der Waals surface area contributed by atoms with Crippen molar-refractivity contribution in [2.24, 2.45) is 5.92 Å². The van der Waals surface area contributed by atoms with E-state index in [0.29, 0.717) is 15.7 Å². The largest absolute Gasteiger partial charge is 0.365 e. The van der Waals surface area contributed by atoms with Crippen LogP contribution in [0.5, 0.6) is 0 Å². The minimum atomic E-state index is -2.42. The molecule has 9 heteroatoms. The van der Waals surface area contributed by atoms with Gasteiger partial charge >= 0.3 is 5.72 Å². The minimum Gasteiger partial charge on any atom is -0.326 e. The molecule has 24 heavy (non-hydrogen) atoms. The summed E-state index contributed by atoms with van der Waals surface area (Å²) >= 11 is 17.4. The molecule has 1 aliphatic carbocycles. The Bertz CT molecular complexity index is 735. The molecule has 6 nitrogen and oxygen atoms in total. The van der Waals surface area contributed by atoms with Crippen LogP contribution in [-0.2, 0) is 4.79 Å². The summed E-state index contributed by atoms with van der Waals surface area (Å²) < 4.78 is 0. The van der Waals surface area contributed by atoms with E-state index in [1.165, 1.54) is 24.3 Å². The number of nitrogens with one attached hydrogen (secondary N) is 1. The van der Waals surface area contributed by atoms with Crippen molar-refractivity contribution in [3.05, 3.63) is 61.6 Å². The highest BCUT2D eigenvalue weighted by molar-refractivity contribution is 6.42. The Morgan fingerprint density at radius 1 is 1.33 bits per heavy atom. The lowest BCUT2D eigenvalue weighted by Gasteiger charge is -2.27. The Balaban J connectivity index is 2.00. The van der Waals surface area contributed by atoms with Crippen LogP contribution >= 0.6 is 34.8 Å². The molecular formula is C15H13Cl3N2O4. The van der Waals surface area contributed by atoms with Crippen molar-refractivity contribution in [3.63, 3.8) is 0 Å². The van der Waals surface area contributed by atoms with Gasteiger partial charge in [-0.1, -0.05) is 47.0 Å². The van der Waals surface area contributed by atoms with Crippen molar-refractivity contribution < 1.29 is 14.8 Å². The number of nitrogens with zero attached hydrogens (tertiary/aromatic N) is 1. The van der Waals surface area contributed by atoms with E-state index < -0.39 is 16.6 Å². The summed E-state index contributed by atoms with van der Waals surface area (Å²) in [5.41, 5.74) is -1.96. The summed E-state index contributed by atoms with van der Waals surface area (Å²) in [6, 6.07) is 4.62.